The van der Waals surface area contributed by atoms with Gasteiger partial charge in [0.25, 0.3) is 0 Å². The van der Waals surface area contributed by atoms with Gasteiger partial charge in [-0.05, 0) is 38.5 Å². The lowest BCUT2D eigenvalue weighted by Crippen LogP contribution is -2.44. The smallest absolute Gasteiger partial charge is 0.355 e. The molecule has 0 unspecified atom stereocenters. The van der Waals surface area contributed by atoms with Crippen molar-refractivity contribution in [1.82, 2.24) is 14.1 Å². The number of benzene rings is 2. The van der Waals surface area contributed by atoms with E-state index in [1.54, 1.807) is 26.0 Å². The van der Waals surface area contributed by atoms with Crippen molar-refractivity contribution in [2.24, 2.45) is 5.92 Å². The summed E-state index contributed by atoms with van der Waals surface area (Å²) in [7, 11) is 0. The minimum atomic E-state index is -1.16. The molecule has 0 aliphatic heterocycles. The van der Waals surface area contributed by atoms with Crippen molar-refractivity contribution in [3.8, 4) is 5.75 Å². The van der Waals surface area contributed by atoms with Crippen LogP contribution < -0.4 is 21.4 Å². The van der Waals surface area contributed by atoms with Gasteiger partial charge in [-0.2, -0.15) is 4.98 Å². The monoisotopic (exact) mass is 512 g/mol. The van der Waals surface area contributed by atoms with Crippen molar-refractivity contribution < 1.29 is 23.8 Å². The van der Waals surface area contributed by atoms with Gasteiger partial charge in [0, 0.05) is 18.2 Å². The Balaban J connectivity index is 2.01. The van der Waals surface area contributed by atoms with Gasteiger partial charge in [-0.15, -0.1) is 0 Å². The number of aliphatic carboxylic acids is 1. The van der Waals surface area contributed by atoms with Crippen LogP contribution in [0.25, 0.3) is 0 Å². The van der Waals surface area contributed by atoms with Crippen molar-refractivity contribution in [3.63, 3.8) is 0 Å². The molecule has 0 fully saturated rings. The number of anilines is 2. The van der Waals surface area contributed by atoms with Crippen LogP contribution in [-0.4, -0.2) is 37.1 Å². The molecule has 1 atom stereocenters. The van der Waals surface area contributed by atoms with E-state index in [1.165, 1.54) is 19.1 Å². The van der Waals surface area contributed by atoms with E-state index in [2.05, 4.69) is 10.3 Å². The number of carbonyl (C=O) groups excluding carboxylic acids is 1. The number of nitrogens with zero attached hydrogens (tertiary/aromatic N) is 3. The Morgan fingerprint density at radius 3 is 2.35 bits per heavy atom. The van der Waals surface area contributed by atoms with Crippen LogP contribution in [-0.2, 0) is 22.7 Å². The van der Waals surface area contributed by atoms with Gasteiger partial charge < -0.3 is 15.2 Å². The molecule has 3 rings (SSSR count). The zero-order chi connectivity index (χ0) is 27.3. The molecule has 0 saturated carbocycles. The fourth-order valence-corrected chi connectivity index (χ4v) is 3.51. The third kappa shape index (κ3) is 7.12. The highest BCUT2D eigenvalue weighted by molar-refractivity contribution is 5.83. The van der Waals surface area contributed by atoms with Crippen LogP contribution >= 0.6 is 0 Å². The van der Waals surface area contributed by atoms with Crippen LogP contribution in [0, 0.1) is 18.7 Å². The second kappa shape index (κ2) is 11.6. The minimum Gasteiger partial charge on any atom is -0.488 e. The van der Waals surface area contributed by atoms with Gasteiger partial charge >= 0.3 is 17.3 Å². The molecule has 0 spiro atoms. The molecule has 0 saturated heterocycles. The summed E-state index contributed by atoms with van der Waals surface area (Å²) in [6, 6.07) is 11.4. The number of carbonyl (C=O) groups is 2. The lowest BCUT2D eigenvalue weighted by atomic mass is 10.1. The first-order chi connectivity index (χ1) is 17.4. The first kappa shape index (κ1) is 27.3. The quantitative estimate of drug-likeness (QED) is 0.401. The van der Waals surface area contributed by atoms with Crippen LogP contribution in [0.2, 0.25) is 0 Å². The number of aryl methyl sites for hydroxylation is 1. The summed E-state index contributed by atoms with van der Waals surface area (Å²) in [5.41, 5.74) is 0.140. The lowest BCUT2D eigenvalue weighted by Gasteiger charge is -2.16. The molecule has 3 aromatic rings. The van der Waals surface area contributed by atoms with E-state index < -0.39 is 41.4 Å². The van der Waals surface area contributed by atoms with Gasteiger partial charge in [0.05, 0.1) is 25.1 Å². The number of hydrogen-bond acceptors (Lipinski definition) is 7. The standard InChI is InChI=1S/C26H29FN4O6/c1-15(2)37-22-10-9-19(12-21(22)27)28-24-29-25(35)31(14-20(32)11-17(4)23(33)34)26(36)30(24)13-18-7-5-16(3)6-8-18/h5-10,12,15,17H,11,13-14H2,1-4H3,(H,33,34)(H,28,29,35)/t17-/m1/s1. The van der Waals surface area contributed by atoms with E-state index in [-0.39, 0.29) is 36.5 Å². The summed E-state index contributed by atoms with van der Waals surface area (Å²) in [5, 5.41) is 11.9. The largest absolute Gasteiger partial charge is 0.488 e. The number of Topliss-reactive ketones (excluding diaryl/α,β-unsaturated/α-hetero) is 1. The molecular formula is C26H29FN4O6. The molecule has 1 heterocycles. The SMILES string of the molecule is Cc1ccc(Cn2c(Nc3ccc(OC(C)C)c(F)c3)nc(=O)n(CC(=O)C[C@@H](C)C(=O)O)c2=O)cc1. The highest BCUT2D eigenvalue weighted by atomic mass is 19.1. The van der Waals surface area contributed by atoms with Crippen LogP contribution in [0.4, 0.5) is 16.0 Å². The first-order valence-corrected chi connectivity index (χ1v) is 11.7. The molecule has 0 aliphatic rings. The highest BCUT2D eigenvalue weighted by Gasteiger charge is 2.20. The number of hydrogen-bond donors (Lipinski definition) is 2. The summed E-state index contributed by atoms with van der Waals surface area (Å²) in [4.78, 5) is 53.5. The number of carboxylic acid groups (broad SMARTS) is 1. The Kier molecular flexibility index (Phi) is 8.59. The maximum atomic E-state index is 14.5. The third-order valence-electron chi connectivity index (χ3n) is 5.45. The Hall–Kier alpha value is -4.28. The van der Waals surface area contributed by atoms with Crippen LogP contribution in [0.3, 0.4) is 0 Å². The molecule has 196 valence electrons. The summed E-state index contributed by atoms with van der Waals surface area (Å²) >= 11 is 0. The average molecular weight is 513 g/mol. The Morgan fingerprint density at radius 2 is 1.76 bits per heavy atom. The topological polar surface area (TPSA) is 133 Å². The van der Waals surface area contributed by atoms with Gasteiger partial charge in [0.15, 0.2) is 17.3 Å². The lowest BCUT2D eigenvalue weighted by molar-refractivity contribution is -0.143. The van der Waals surface area contributed by atoms with E-state index in [1.807, 2.05) is 19.1 Å². The summed E-state index contributed by atoms with van der Waals surface area (Å²) in [6.07, 6.45) is -0.577. The normalized spacial score (nSPS) is 11.8. The first-order valence-electron chi connectivity index (χ1n) is 11.7. The van der Waals surface area contributed by atoms with E-state index in [0.717, 1.165) is 21.8 Å². The van der Waals surface area contributed by atoms with Gasteiger partial charge in [0.2, 0.25) is 5.95 Å². The number of rotatable bonds is 11. The molecule has 0 aliphatic carbocycles. The highest BCUT2D eigenvalue weighted by Crippen LogP contribution is 2.24. The van der Waals surface area contributed by atoms with Crippen LogP contribution in [0.15, 0.2) is 52.1 Å². The fourth-order valence-electron chi connectivity index (χ4n) is 3.51. The average Bonchev–Trinajstić information content (AvgIpc) is 2.82. The van der Waals surface area contributed by atoms with Crippen molar-refractivity contribution in [3.05, 3.63) is 80.4 Å². The number of nitrogens with one attached hydrogen (secondary N) is 1. The summed E-state index contributed by atoms with van der Waals surface area (Å²) in [5.74, 6) is -3.46. The van der Waals surface area contributed by atoms with E-state index in [0.29, 0.717) is 4.57 Å². The molecule has 0 amide bonds. The molecule has 11 heteroatoms. The van der Waals surface area contributed by atoms with Gasteiger partial charge in [-0.25, -0.2) is 18.5 Å². The maximum absolute atomic E-state index is 14.5. The third-order valence-corrected chi connectivity index (χ3v) is 5.45. The van der Waals surface area contributed by atoms with E-state index >= 15 is 0 Å². The number of carboxylic acids is 1. The molecule has 37 heavy (non-hydrogen) atoms. The number of aromatic nitrogens is 3. The van der Waals surface area contributed by atoms with Gasteiger partial charge in [-0.3, -0.25) is 14.2 Å². The summed E-state index contributed by atoms with van der Waals surface area (Å²) in [6.45, 7) is 6.19. The predicted molar refractivity (Wildman–Crippen MR) is 135 cm³/mol. The maximum Gasteiger partial charge on any atom is 0.355 e. The van der Waals surface area contributed by atoms with Crippen molar-refractivity contribution in [1.29, 1.82) is 0 Å². The van der Waals surface area contributed by atoms with E-state index in [4.69, 9.17) is 9.84 Å². The molecule has 1 aromatic heterocycles. The van der Waals surface area contributed by atoms with Gasteiger partial charge in [0.1, 0.15) is 0 Å². The molecule has 10 nitrogen and oxygen atoms in total. The second-order valence-electron chi connectivity index (χ2n) is 9.08. The minimum absolute atomic E-state index is 0.00543. The molecule has 0 radical (unpaired) electrons. The molecule has 2 aromatic carbocycles. The zero-order valence-corrected chi connectivity index (χ0v) is 21.0. The zero-order valence-electron chi connectivity index (χ0n) is 21.0. The molecular weight excluding hydrogens is 483 g/mol. The Labute approximate surface area is 212 Å². The Bertz CT molecular complexity index is 1410. The predicted octanol–water partition coefficient (Wildman–Crippen LogP) is 3.11. The van der Waals surface area contributed by atoms with Crippen molar-refractivity contribution in [2.75, 3.05) is 5.32 Å². The number of ether oxygens (including phenoxy) is 1. The van der Waals surface area contributed by atoms with Crippen LogP contribution in [0.5, 0.6) is 5.75 Å². The van der Waals surface area contributed by atoms with Gasteiger partial charge in [-0.1, -0.05) is 36.8 Å². The second-order valence-corrected chi connectivity index (χ2v) is 9.08. The molecule has 2 N–H and O–H groups in total. The van der Waals surface area contributed by atoms with Crippen LogP contribution in [0.1, 0.15) is 38.3 Å². The Morgan fingerprint density at radius 1 is 1.08 bits per heavy atom. The number of halogens is 1. The number of ketones is 1. The summed E-state index contributed by atoms with van der Waals surface area (Å²) < 4.78 is 21.8. The van der Waals surface area contributed by atoms with Crippen molar-refractivity contribution >= 4 is 23.4 Å². The fraction of sp³-hybridized carbons (Fsp3) is 0.346. The van der Waals surface area contributed by atoms with Crippen molar-refractivity contribution in [2.45, 2.75) is 53.3 Å². The van der Waals surface area contributed by atoms with E-state index in [9.17, 15) is 23.6 Å². The molecule has 0 bridgehead atoms.